The molecule has 1 aliphatic rings. The van der Waals surface area contributed by atoms with Crippen molar-refractivity contribution in [3.05, 3.63) is 29.6 Å². The molecule has 1 aromatic rings. The second kappa shape index (κ2) is 5.48. The molecule has 0 radical (unpaired) electrons. The van der Waals surface area contributed by atoms with E-state index >= 15 is 0 Å². The van der Waals surface area contributed by atoms with Gasteiger partial charge in [0.15, 0.2) is 0 Å². The smallest absolute Gasteiger partial charge is 0.228 e. The van der Waals surface area contributed by atoms with Crippen LogP contribution in [0.4, 0.5) is 10.1 Å². The number of anilines is 1. The second-order valence-corrected chi connectivity index (χ2v) is 5.03. The molecule has 1 aromatic carbocycles. The maximum Gasteiger partial charge on any atom is 0.228 e. The van der Waals surface area contributed by atoms with E-state index in [-0.39, 0.29) is 17.6 Å². The topological polar surface area (TPSA) is 41.1 Å². The van der Waals surface area contributed by atoms with Gasteiger partial charge in [-0.25, -0.2) is 4.39 Å². The third-order valence-corrected chi connectivity index (χ3v) is 3.48. The van der Waals surface area contributed by atoms with E-state index in [1.54, 1.807) is 13.0 Å². The van der Waals surface area contributed by atoms with Crippen LogP contribution in [0.25, 0.3) is 0 Å². The van der Waals surface area contributed by atoms with E-state index < -0.39 is 0 Å². The minimum Gasteiger partial charge on any atom is -0.326 e. The Balaban J connectivity index is 1.98. The Morgan fingerprint density at radius 2 is 2.22 bits per heavy atom. The molecule has 4 heteroatoms. The summed E-state index contributed by atoms with van der Waals surface area (Å²) in [6.45, 7) is 4.63. The largest absolute Gasteiger partial charge is 0.326 e. The molecule has 0 bridgehead atoms. The van der Waals surface area contributed by atoms with Gasteiger partial charge in [0.05, 0.1) is 5.92 Å². The lowest BCUT2D eigenvalue weighted by Gasteiger charge is -2.26. The molecule has 2 N–H and O–H groups in total. The summed E-state index contributed by atoms with van der Waals surface area (Å²) < 4.78 is 13.0. The first-order valence-electron chi connectivity index (χ1n) is 6.36. The Labute approximate surface area is 107 Å². The van der Waals surface area contributed by atoms with Gasteiger partial charge in [0.1, 0.15) is 5.82 Å². The van der Waals surface area contributed by atoms with Crippen LogP contribution in [0, 0.1) is 18.7 Å². The van der Waals surface area contributed by atoms with Crippen LogP contribution in [0.15, 0.2) is 18.2 Å². The number of piperidine rings is 1. The second-order valence-electron chi connectivity index (χ2n) is 5.03. The number of carbonyl (C=O) groups is 1. The van der Waals surface area contributed by atoms with Gasteiger partial charge < -0.3 is 10.6 Å². The molecule has 0 aromatic heterocycles. The van der Waals surface area contributed by atoms with E-state index in [2.05, 4.69) is 17.6 Å². The molecule has 2 unspecified atom stereocenters. The summed E-state index contributed by atoms with van der Waals surface area (Å²) in [7, 11) is 0. The van der Waals surface area contributed by atoms with Gasteiger partial charge in [-0.15, -0.1) is 0 Å². The molecule has 1 aliphatic heterocycles. The minimum absolute atomic E-state index is 0.00523. The average molecular weight is 250 g/mol. The Kier molecular flexibility index (Phi) is 3.97. The van der Waals surface area contributed by atoms with Crippen molar-refractivity contribution < 1.29 is 9.18 Å². The predicted octanol–water partition coefficient (Wildman–Crippen LogP) is 2.46. The summed E-state index contributed by atoms with van der Waals surface area (Å²) in [4.78, 5) is 12.1. The summed E-state index contributed by atoms with van der Waals surface area (Å²) in [5.41, 5.74) is 1.44. The molecule has 1 saturated heterocycles. The molecule has 0 aliphatic carbocycles. The number of halogens is 1. The molecule has 0 spiro atoms. The maximum absolute atomic E-state index is 13.0. The molecule has 1 heterocycles. The highest BCUT2D eigenvalue weighted by Gasteiger charge is 2.24. The third-order valence-electron chi connectivity index (χ3n) is 3.48. The number of hydrogen-bond donors (Lipinski definition) is 2. The SMILES string of the molecule is Cc1cc(F)ccc1NC(=O)C1CCC(C)NC1. The Morgan fingerprint density at radius 3 is 2.83 bits per heavy atom. The van der Waals surface area contributed by atoms with Crippen molar-refractivity contribution in [3.8, 4) is 0 Å². The average Bonchev–Trinajstić information content (AvgIpc) is 2.33. The number of benzene rings is 1. The number of aryl methyl sites for hydroxylation is 1. The van der Waals surface area contributed by atoms with E-state index in [1.807, 2.05) is 0 Å². The fraction of sp³-hybridized carbons (Fsp3) is 0.500. The van der Waals surface area contributed by atoms with Crippen LogP contribution in [-0.4, -0.2) is 18.5 Å². The molecule has 3 nitrogen and oxygen atoms in total. The van der Waals surface area contributed by atoms with Crippen molar-refractivity contribution in [1.29, 1.82) is 0 Å². The fourth-order valence-electron chi connectivity index (χ4n) is 2.22. The highest BCUT2D eigenvalue weighted by molar-refractivity contribution is 5.93. The monoisotopic (exact) mass is 250 g/mol. The van der Waals surface area contributed by atoms with Gasteiger partial charge in [0, 0.05) is 18.3 Å². The van der Waals surface area contributed by atoms with Gasteiger partial charge in [-0.05, 0) is 50.5 Å². The van der Waals surface area contributed by atoms with E-state index in [4.69, 9.17) is 0 Å². The van der Waals surface area contributed by atoms with Crippen LogP contribution >= 0.6 is 0 Å². The lowest BCUT2D eigenvalue weighted by molar-refractivity contribution is -0.120. The third kappa shape index (κ3) is 3.07. The first-order chi connectivity index (χ1) is 8.56. The van der Waals surface area contributed by atoms with Crippen molar-refractivity contribution in [2.24, 2.45) is 5.92 Å². The molecule has 2 rings (SSSR count). The van der Waals surface area contributed by atoms with Gasteiger partial charge in [-0.2, -0.15) is 0 Å². The van der Waals surface area contributed by atoms with Gasteiger partial charge in [0.25, 0.3) is 0 Å². The van der Waals surface area contributed by atoms with Crippen LogP contribution in [0.1, 0.15) is 25.3 Å². The summed E-state index contributed by atoms with van der Waals surface area (Å²) in [6, 6.07) is 4.89. The molecular formula is C14H19FN2O. The highest BCUT2D eigenvalue weighted by atomic mass is 19.1. The lowest BCUT2D eigenvalue weighted by Crippen LogP contribution is -2.41. The van der Waals surface area contributed by atoms with Gasteiger partial charge in [0.2, 0.25) is 5.91 Å². The van der Waals surface area contributed by atoms with Crippen LogP contribution in [0.2, 0.25) is 0 Å². The molecular weight excluding hydrogens is 231 g/mol. The Hall–Kier alpha value is -1.42. The summed E-state index contributed by atoms with van der Waals surface area (Å²) in [5.74, 6) is -0.256. The zero-order valence-electron chi connectivity index (χ0n) is 10.8. The molecule has 98 valence electrons. The molecule has 2 atom stereocenters. The van der Waals surface area contributed by atoms with Crippen LogP contribution in [-0.2, 0) is 4.79 Å². The van der Waals surface area contributed by atoms with Gasteiger partial charge in [-0.3, -0.25) is 4.79 Å². The first-order valence-corrected chi connectivity index (χ1v) is 6.36. The minimum atomic E-state index is -0.279. The molecule has 1 fully saturated rings. The maximum atomic E-state index is 13.0. The van der Waals surface area contributed by atoms with Crippen molar-refractivity contribution in [3.63, 3.8) is 0 Å². The predicted molar refractivity (Wildman–Crippen MR) is 70.0 cm³/mol. The Bertz CT molecular complexity index is 439. The van der Waals surface area contributed by atoms with E-state index in [1.165, 1.54) is 12.1 Å². The normalized spacial score (nSPS) is 23.7. The molecule has 1 amide bonds. The zero-order valence-corrected chi connectivity index (χ0v) is 10.8. The standard InChI is InChI=1S/C14H19FN2O/c1-9-7-12(15)5-6-13(9)17-14(18)11-4-3-10(2)16-8-11/h5-7,10-11,16H,3-4,8H2,1-2H3,(H,17,18). The summed E-state index contributed by atoms with van der Waals surface area (Å²) in [5, 5.41) is 6.18. The van der Waals surface area contributed by atoms with Crippen molar-refractivity contribution >= 4 is 11.6 Å². The van der Waals surface area contributed by atoms with Crippen molar-refractivity contribution in [2.45, 2.75) is 32.7 Å². The first kappa shape index (κ1) is 13.0. The number of rotatable bonds is 2. The molecule has 0 saturated carbocycles. The fourth-order valence-corrected chi connectivity index (χ4v) is 2.22. The number of amides is 1. The summed E-state index contributed by atoms with van der Waals surface area (Å²) >= 11 is 0. The van der Waals surface area contributed by atoms with E-state index in [0.717, 1.165) is 18.4 Å². The molecule has 18 heavy (non-hydrogen) atoms. The van der Waals surface area contributed by atoms with Crippen LogP contribution in [0.3, 0.4) is 0 Å². The number of nitrogens with one attached hydrogen (secondary N) is 2. The van der Waals surface area contributed by atoms with Crippen molar-refractivity contribution in [2.75, 3.05) is 11.9 Å². The van der Waals surface area contributed by atoms with Gasteiger partial charge >= 0.3 is 0 Å². The number of carbonyl (C=O) groups excluding carboxylic acids is 1. The summed E-state index contributed by atoms with van der Waals surface area (Å²) in [6.07, 6.45) is 1.92. The van der Waals surface area contributed by atoms with Crippen molar-refractivity contribution in [1.82, 2.24) is 5.32 Å². The lowest BCUT2D eigenvalue weighted by atomic mass is 9.94. The Morgan fingerprint density at radius 1 is 1.44 bits per heavy atom. The quantitative estimate of drug-likeness (QED) is 0.846. The highest BCUT2D eigenvalue weighted by Crippen LogP contribution is 2.19. The van der Waals surface area contributed by atoms with Crippen LogP contribution in [0.5, 0.6) is 0 Å². The number of hydrogen-bond acceptors (Lipinski definition) is 2. The van der Waals surface area contributed by atoms with Gasteiger partial charge in [-0.1, -0.05) is 0 Å². The van der Waals surface area contributed by atoms with E-state index in [9.17, 15) is 9.18 Å². The van der Waals surface area contributed by atoms with E-state index in [0.29, 0.717) is 18.3 Å². The zero-order chi connectivity index (χ0) is 13.1. The van der Waals surface area contributed by atoms with Crippen LogP contribution < -0.4 is 10.6 Å².